The number of carbonyl (C=O) groups excluding carboxylic acids is 1. The van der Waals surface area contributed by atoms with Gasteiger partial charge in [0, 0.05) is 12.7 Å². The van der Waals surface area contributed by atoms with Crippen molar-refractivity contribution in [2.24, 2.45) is 5.73 Å². The number of hydrogen-bond acceptors (Lipinski definition) is 2. The summed E-state index contributed by atoms with van der Waals surface area (Å²) in [7, 11) is 1.64. The lowest BCUT2D eigenvalue weighted by atomic mass is 10.1. The van der Waals surface area contributed by atoms with Gasteiger partial charge in [-0.05, 0) is 30.7 Å². The lowest BCUT2D eigenvalue weighted by Crippen LogP contribution is -2.41. The molecule has 2 N–H and O–H groups in total. The van der Waals surface area contributed by atoms with Crippen LogP contribution in [-0.4, -0.2) is 19.0 Å². The van der Waals surface area contributed by atoms with Crippen molar-refractivity contribution in [2.45, 2.75) is 25.8 Å². The number of nitrogens with two attached hydrogens (primary N) is 1. The maximum absolute atomic E-state index is 12.7. The van der Waals surface area contributed by atoms with Crippen molar-refractivity contribution < 1.29 is 9.18 Å². The zero-order chi connectivity index (χ0) is 12.1. The van der Waals surface area contributed by atoms with Crippen LogP contribution in [0.5, 0.6) is 0 Å². The molecule has 0 fully saturated rings. The van der Waals surface area contributed by atoms with Gasteiger partial charge in [0.05, 0.1) is 6.04 Å². The second-order valence-corrected chi connectivity index (χ2v) is 3.77. The molecule has 0 saturated carbocycles. The molecular weight excluding hydrogens is 207 g/mol. The summed E-state index contributed by atoms with van der Waals surface area (Å²) in [4.78, 5) is 13.3. The van der Waals surface area contributed by atoms with Gasteiger partial charge in [-0.25, -0.2) is 4.39 Å². The number of amides is 1. The summed E-state index contributed by atoms with van der Waals surface area (Å²) in [6.45, 7) is 1.98. The Morgan fingerprint density at radius 1 is 1.44 bits per heavy atom. The maximum atomic E-state index is 12.7. The lowest BCUT2D eigenvalue weighted by molar-refractivity contribution is -0.119. The van der Waals surface area contributed by atoms with Gasteiger partial charge >= 0.3 is 0 Å². The van der Waals surface area contributed by atoms with Gasteiger partial charge in [-0.2, -0.15) is 0 Å². The average molecular weight is 224 g/mol. The van der Waals surface area contributed by atoms with Crippen molar-refractivity contribution in [1.29, 1.82) is 0 Å². The molecular formula is C12H17FN2O. The van der Waals surface area contributed by atoms with E-state index < -0.39 is 6.04 Å². The highest BCUT2D eigenvalue weighted by molar-refractivity contribution is 5.96. The molecule has 1 atom stereocenters. The molecule has 1 amide bonds. The minimum absolute atomic E-state index is 0.145. The normalized spacial score (nSPS) is 12.2. The standard InChI is InChI=1S/C12H17FN2O/c1-3-4-11(14)12(16)15(2)10-7-5-9(13)6-8-10/h5-8,11H,3-4,14H2,1-2H3/t11-/m0/s1. The van der Waals surface area contributed by atoms with E-state index in [4.69, 9.17) is 5.73 Å². The fourth-order valence-electron chi connectivity index (χ4n) is 1.48. The number of hydrogen-bond donors (Lipinski definition) is 1. The van der Waals surface area contributed by atoms with Gasteiger partial charge in [0.2, 0.25) is 5.91 Å². The first kappa shape index (κ1) is 12.6. The van der Waals surface area contributed by atoms with Crippen LogP contribution in [0.3, 0.4) is 0 Å². The second-order valence-electron chi connectivity index (χ2n) is 3.77. The van der Waals surface area contributed by atoms with Crippen molar-refractivity contribution in [2.75, 3.05) is 11.9 Å². The van der Waals surface area contributed by atoms with Crippen molar-refractivity contribution in [1.82, 2.24) is 0 Å². The molecule has 0 saturated heterocycles. The summed E-state index contributed by atoms with van der Waals surface area (Å²) in [5.74, 6) is -0.462. The Morgan fingerprint density at radius 3 is 2.50 bits per heavy atom. The SMILES string of the molecule is CCC[C@H](N)C(=O)N(C)c1ccc(F)cc1. The third-order valence-corrected chi connectivity index (χ3v) is 2.46. The fourth-order valence-corrected chi connectivity index (χ4v) is 1.48. The molecule has 0 aliphatic heterocycles. The van der Waals surface area contributed by atoms with Crippen LogP contribution in [-0.2, 0) is 4.79 Å². The first-order chi connectivity index (χ1) is 7.56. The summed E-state index contributed by atoms with van der Waals surface area (Å²) < 4.78 is 12.7. The summed E-state index contributed by atoms with van der Waals surface area (Å²) in [5, 5.41) is 0. The molecule has 0 aromatic heterocycles. The van der Waals surface area contributed by atoms with Crippen LogP contribution in [0.2, 0.25) is 0 Å². The monoisotopic (exact) mass is 224 g/mol. The van der Waals surface area contributed by atoms with E-state index >= 15 is 0 Å². The summed E-state index contributed by atoms with van der Waals surface area (Å²) in [6, 6.07) is 5.28. The zero-order valence-corrected chi connectivity index (χ0v) is 9.61. The molecule has 0 spiro atoms. The number of halogens is 1. The molecule has 1 aromatic rings. The number of likely N-dealkylation sites (N-methyl/N-ethyl adjacent to an activating group) is 1. The van der Waals surface area contributed by atoms with E-state index in [1.165, 1.54) is 17.0 Å². The van der Waals surface area contributed by atoms with Crippen LogP contribution in [0.4, 0.5) is 10.1 Å². The van der Waals surface area contributed by atoms with Crippen molar-refractivity contribution in [3.8, 4) is 0 Å². The van der Waals surface area contributed by atoms with Crippen LogP contribution >= 0.6 is 0 Å². The summed E-state index contributed by atoms with van der Waals surface area (Å²) in [6.07, 6.45) is 1.52. The number of nitrogens with zero attached hydrogens (tertiary/aromatic N) is 1. The molecule has 4 heteroatoms. The Bertz CT molecular complexity index is 351. The average Bonchev–Trinajstić information content (AvgIpc) is 2.28. The Labute approximate surface area is 95.0 Å². The van der Waals surface area contributed by atoms with Gasteiger partial charge in [0.25, 0.3) is 0 Å². The molecule has 0 bridgehead atoms. The number of anilines is 1. The van der Waals surface area contributed by atoms with E-state index in [9.17, 15) is 9.18 Å². The molecule has 0 aliphatic rings. The molecule has 88 valence electrons. The molecule has 16 heavy (non-hydrogen) atoms. The van der Waals surface area contributed by atoms with Gasteiger partial charge in [-0.3, -0.25) is 4.79 Å². The molecule has 1 aromatic carbocycles. The van der Waals surface area contributed by atoms with Gasteiger partial charge in [0.1, 0.15) is 5.82 Å². The topological polar surface area (TPSA) is 46.3 Å². The first-order valence-corrected chi connectivity index (χ1v) is 5.35. The summed E-state index contributed by atoms with van der Waals surface area (Å²) in [5.41, 5.74) is 6.38. The van der Waals surface area contributed by atoms with Crippen molar-refractivity contribution in [3.05, 3.63) is 30.1 Å². The maximum Gasteiger partial charge on any atom is 0.243 e. The quantitative estimate of drug-likeness (QED) is 0.849. The van der Waals surface area contributed by atoms with Gasteiger partial charge in [-0.1, -0.05) is 13.3 Å². The third kappa shape index (κ3) is 3.03. The lowest BCUT2D eigenvalue weighted by Gasteiger charge is -2.21. The molecule has 0 aliphatic carbocycles. The van der Waals surface area contributed by atoms with Crippen LogP contribution in [0.25, 0.3) is 0 Å². The van der Waals surface area contributed by atoms with Gasteiger partial charge < -0.3 is 10.6 Å². The predicted octanol–water partition coefficient (Wildman–Crippen LogP) is 1.92. The smallest absolute Gasteiger partial charge is 0.243 e. The van der Waals surface area contributed by atoms with E-state index in [1.807, 2.05) is 6.92 Å². The van der Waals surface area contributed by atoms with E-state index in [0.29, 0.717) is 12.1 Å². The Kier molecular flexibility index (Phi) is 4.43. The van der Waals surface area contributed by atoms with E-state index in [0.717, 1.165) is 6.42 Å². The van der Waals surface area contributed by atoms with Crippen molar-refractivity contribution in [3.63, 3.8) is 0 Å². The number of rotatable bonds is 4. The Balaban J connectivity index is 2.73. The van der Waals surface area contributed by atoms with Crippen LogP contribution < -0.4 is 10.6 Å². The minimum atomic E-state index is -0.486. The predicted molar refractivity (Wildman–Crippen MR) is 62.7 cm³/mol. The molecule has 1 rings (SSSR count). The van der Waals surface area contributed by atoms with Crippen LogP contribution in [0.15, 0.2) is 24.3 Å². The Morgan fingerprint density at radius 2 is 2.00 bits per heavy atom. The van der Waals surface area contributed by atoms with Gasteiger partial charge in [-0.15, -0.1) is 0 Å². The number of benzene rings is 1. The fraction of sp³-hybridized carbons (Fsp3) is 0.417. The minimum Gasteiger partial charge on any atom is -0.320 e. The zero-order valence-electron chi connectivity index (χ0n) is 9.61. The molecule has 3 nitrogen and oxygen atoms in total. The molecule has 0 heterocycles. The summed E-state index contributed by atoms with van der Waals surface area (Å²) >= 11 is 0. The molecule has 0 unspecified atom stereocenters. The van der Waals surface area contributed by atoms with E-state index in [1.54, 1.807) is 19.2 Å². The van der Waals surface area contributed by atoms with E-state index in [2.05, 4.69) is 0 Å². The number of carbonyl (C=O) groups is 1. The highest BCUT2D eigenvalue weighted by Gasteiger charge is 2.18. The van der Waals surface area contributed by atoms with Crippen molar-refractivity contribution >= 4 is 11.6 Å². The van der Waals surface area contributed by atoms with Crippen LogP contribution in [0.1, 0.15) is 19.8 Å². The second kappa shape index (κ2) is 5.61. The molecule has 0 radical (unpaired) electrons. The van der Waals surface area contributed by atoms with Gasteiger partial charge in [0.15, 0.2) is 0 Å². The highest BCUT2D eigenvalue weighted by Crippen LogP contribution is 2.14. The largest absolute Gasteiger partial charge is 0.320 e. The first-order valence-electron chi connectivity index (χ1n) is 5.35. The highest BCUT2D eigenvalue weighted by atomic mass is 19.1. The van der Waals surface area contributed by atoms with E-state index in [-0.39, 0.29) is 11.7 Å². The van der Waals surface area contributed by atoms with Crippen LogP contribution in [0, 0.1) is 5.82 Å². The Hall–Kier alpha value is -1.42. The third-order valence-electron chi connectivity index (χ3n) is 2.46.